The molecule has 0 aliphatic heterocycles. The van der Waals surface area contributed by atoms with Crippen molar-refractivity contribution in [3.8, 4) is 0 Å². The molecule has 164 valence electrons. The highest BCUT2D eigenvalue weighted by Gasteiger charge is 2.22. The van der Waals surface area contributed by atoms with Crippen LogP contribution in [-0.4, -0.2) is 47.4 Å². The van der Waals surface area contributed by atoms with Crippen LogP contribution in [0.2, 0.25) is 5.02 Å². The quantitative estimate of drug-likeness (QED) is 0.611. The van der Waals surface area contributed by atoms with Crippen LogP contribution < -0.4 is 10.0 Å². The van der Waals surface area contributed by atoms with E-state index in [0.717, 1.165) is 10.6 Å². The monoisotopic (exact) mass is 473 g/mol. The lowest BCUT2D eigenvalue weighted by Gasteiger charge is -2.19. The van der Waals surface area contributed by atoms with Crippen LogP contribution in [0.25, 0.3) is 0 Å². The predicted octanol–water partition coefficient (Wildman–Crippen LogP) is 2.52. The number of hydrogen-bond acceptors (Lipinski definition) is 5. The summed E-state index contributed by atoms with van der Waals surface area (Å²) in [5.41, 5.74) is 1.57. The molecule has 0 saturated carbocycles. The minimum Gasteiger partial charge on any atom is -0.326 e. The number of aryl methyl sites for hydroxylation is 1. The fourth-order valence-electron chi connectivity index (χ4n) is 2.67. The molecule has 0 aliphatic rings. The molecule has 0 heterocycles. The molecule has 2 N–H and O–H groups in total. The molecular weight excluding hydrogens is 450 g/mol. The lowest BCUT2D eigenvalue weighted by atomic mass is 10.0. The van der Waals surface area contributed by atoms with Crippen molar-refractivity contribution in [3.05, 3.63) is 58.6 Å². The fraction of sp³-hybridized carbons (Fsp3) is 0.316. The van der Waals surface area contributed by atoms with Crippen molar-refractivity contribution < 1.29 is 21.6 Å². The fourth-order valence-corrected chi connectivity index (χ4v) is 4.47. The van der Waals surface area contributed by atoms with Gasteiger partial charge in [0.15, 0.2) is 0 Å². The number of carbonyl (C=O) groups excluding carboxylic acids is 1. The highest BCUT2D eigenvalue weighted by atomic mass is 35.5. The number of amides is 1. The lowest BCUT2D eigenvalue weighted by Crippen LogP contribution is -2.30. The number of benzene rings is 2. The first-order valence-corrected chi connectivity index (χ1v) is 12.6. The molecule has 30 heavy (non-hydrogen) atoms. The summed E-state index contributed by atoms with van der Waals surface area (Å²) in [5, 5.41) is 3.16. The molecular formula is C19H24ClN3O5S2. The Morgan fingerprint density at radius 1 is 1.07 bits per heavy atom. The summed E-state index contributed by atoms with van der Waals surface area (Å²) in [5.74, 6) is -0.478. The SMILES string of the molecule is Cc1ccc(S(=O)(=O)N(C)C)cc1NC(=O)C[C@H](NS(C)(=O)=O)c1ccc(Cl)cc1. The van der Waals surface area contributed by atoms with Gasteiger partial charge in [-0.2, -0.15) is 0 Å². The Kier molecular flexibility index (Phi) is 7.64. The molecule has 0 fully saturated rings. The van der Waals surface area contributed by atoms with Crippen molar-refractivity contribution in [2.24, 2.45) is 0 Å². The Morgan fingerprint density at radius 2 is 1.67 bits per heavy atom. The van der Waals surface area contributed by atoms with E-state index in [1.807, 2.05) is 0 Å². The van der Waals surface area contributed by atoms with Crippen LogP contribution >= 0.6 is 11.6 Å². The Balaban J connectivity index is 2.28. The summed E-state index contributed by atoms with van der Waals surface area (Å²) < 4.78 is 51.7. The first-order valence-electron chi connectivity index (χ1n) is 8.85. The van der Waals surface area contributed by atoms with Crippen LogP contribution in [0, 0.1) is 6.92 Å². The zero-order chi connectivity index (χ0) is 22.7. The number of nitrogens with zero attached hydrogens (tertiary/aromatic N) is 1. The zero-order valence-corrected chi connectivity index (χ0v) is 19.4. The van der Waals surface area contributed by atoms with E-state index in [9.17, 15) is 21.6 Å². The van der Waals surface area contributed by atoms with Gasteiger partial charge in [0.05, 0.1) is 17.2 Å². The molecule has 2 rings (SSSR count). The zero-order valence-electron chi connectivity index (χ0n) is 17.0. The van der Waals surface area contributed by atoms with Crippen molar-refractivity contribution in [2.75, 3.05) is 25.7 Å². The summed E-state index contributed by atoms with van der Waals surface area (Å²) in [7, 11) is -4.42. The van der Waals surface area contributed by atoms with Crippen LogP contribution in [0.3, 0.4) is 0 Å². The van der Waals surface area contributed by atoms with Gasteiger partial charge < -0.3 is 5.32 Å². The van der Waals surface area contributed by atoms with Gasteiger partial charge in [-0.25, -0.2) is 25.9 Å². The van der Waals surface area contributed by atoms with Crippen LogP contribution in [0.15, 0.2) is 47.4 Å². The number of anilines is 1. The van der Waals surface area contributed by atoms with E-state index in [1.54, 1.807) is 37.3 Å². The number of rotatable bonds is 8. The summed E-state index contributed by atoms with van der Waals surface area (Å²) in [6.45, 7) is 1.73. The van der Waals surface area contributed by atoms with Crippen molar-refractivity contribution in [3.63, 3.8) is 0 Å². The minimum absolute atomic E-state index is 0.0388. The first kappa shape index (κ1) is 24.3. The second kappa shape index (κ2) is 9.44. The van der Waals surface area contributed by atoms with Gasteiger partial charge in [0.1, 0.15) is 0 Å². The van der Waals surface area contributed by atoms with Crippen molar-refractivity contribution in [1.29, 1.82) is 0 Å². The van der Waals surface area contributed by atoms with Crippen molar-refractivity contribution in [2.45, 2.75) is 24.3 Å². The Hall–Kier alpha value is -1.98. The third kappa shape index (κ3) is 6.51. The van der Waals surface area contributed by atoms with Gasteiger partial charge in [-0.1, -0.05) is 29.8 Å². The topological polar surface area (TPSA) is 113 Å². The number of halogens is 1. The molecule has 1 atom stereocenters. The molecule has 2 aromatic carbocycles. The molecule has 0 unspecified atom stereocenters. The van der Waals surface area contributed by atoms with Crippen LogP contribution in [0.1, 0.15) is 23.6 Å². The van der Waals surface area contributed by atoms with E-state index in [1.165, 1.54) is 26.2 Å². The minimum atomic E-state index is -3.67. The largest absolute Gasteiger partial charge is 0.326 e. The molecule has 0 saturated heterocycles. The number of carbonyl (C=O) groups is 1. The second-order valence-corrected chi connectivity index (χ2v) is 11.4. The third-order valence-corrected chi connectivity index (χ3v) is 7.06. The van der Waals surface area contributed by atoms with E-state index in [0.29, 0.717) is 21.8 Å². The van der Waals surface area contributed by atoms with Crippen molar-refractivity contribution in [1.82, 2.24) is 9.03 Å². The normalized spacial score (nSPS) is 13.3. The summed E-state index contributed by atoms with van der Waals surface area (Å²) >= 11 is 5.88. The third-order valence-electron chi connectivity index (χ3n) is 4.28. The van der Waals surface area contributed by atoms with E-state index < -0.39 is 32.0 Å². The summed E-state index contributed by atoms with van der Waals surface area (Å²) in [6.07, 6.45) is 0.812. The molecule has 1 amide bonds. The standard InChI is InChI=1S/C19H24ClN3O5S2/c1-13-5-10-16(30(27,28)23(2)3)11-17(13)21-19(24)12-18(22-29(4,25)26)14-6-8-15(20)9-7-14/h5-11,18,22H,12H2,1-4H3,(H,21,24)/t18-/m0/s1. The number of nitrogens with one attached hydrogen (secondary N) is 2. The van der Waals surface area contributed by atoms with Crippen LogP contribution in [-0.2, 0) is 24.8 Å². The predicted molar refractivity (Wildman–Crippen MR) is 117 cm³/mol. The summed E-state index contributed by atoms with van der Waals surface area (Å²) in [6, 6.07) is 10.1. The molecule has 0 bridgehead atoms. The second-order valence-electron chi connectivity index (χ2n) is 7.01. The maximum absolute atomic E-state index is 12.7. The van der Waals surface area contributed by atoms with E-state index >= 15 is 0 Å². The number of hydrogen-bond donors (Lipinski definition) is 2. The van der Waals surface area contributed by atoms with Crippen LogP contribution in [0.5, 0.6) is 0 Å². The lowest BCUT2D eigenvalue weighted by molar-refractivity contribution is -0.116. The van der Waals surface area contributed by atoms with Gasteiger partial charge in [0.25, 0.3) is 0 Å². The van der Waals surface area contributed by atoms with Gasteiger partial charge >= 0.3 is 0 Å². The highest BCUT2D eigenvalue weighted by Crippen LogP contribution is 2.24. The molecule has 2 aromatic rings. The Labute approximate surface area is 182 Å². The van der Waals surface area contributed by atoms with Crippen LogP contribution in [0.4, 0.5) is 5.69 Å². The van der Waals surface area contributed by atoms with Crippen molar-refractivity contribution >= 4 is 43.2 Å². The molecule has 0 radical (unpaired) electrons. The summed E-state index contributed by atoms with van der Waals surface area (Å²) in [4.78, 5) is 12.7. The van der Waals surface area contributed by atoms with E-state index in [-0.39, 0.29) is 11.3 Å². The molecule has 0 spiro atoms. The molecule has 8 nitrogen and oxygen atoms in total. The van der Waals surface area contributed by atoms with Gasteiger partial charge in [-0.05, 0) is 42.3 Å². The van der Waals surface area contributed by atoms with Gasteiger partial charge in [-0.3, -0.25) is 4.79 Å². The Morgan fingerprint density at radius 3 is 2.20 bits per heavy atom. The smallest absolute Gasteiger partial charge is 0.242 e. The van der Waals surface area contributed by atoms with Gasteiger partial charge in [-0.15, -0.1) is 0 Å². The number of sulfonamides is 2. The van der Waals surface area contributed by atoms with E-state index in [2.05, 4.69) is 10.0 Å². The maximum Gasteiger partial charge on any atom is 0.242 e. The average molecular weight is 474 g/mol. The van der Waals surface area contributed by atoms with Gasteiger partial charge in [0.2, 0.25) is 26.0 Å². The maximum atomic E-state index is 12.7. The highest BCUT2D eigenvalue weighted by molar-refractivity contribution is 7.89. The van der Waals surface area contributed by atoms with E-state index in [4.69, 9.17) is 11.6 Å². The molecule has 11 heteroatoms. The van der Waals surface area contributed by atoms with Gasteiger partial charge in [0, 0.05) is 31.2 Å². The Bertz CT molecular complexity index is 1130. The average Bonchev–Trinajstić information content (AvgIpc) is 2.62. The first-order chi connectivity index (χ1) is 13.8. The molecule has 0 aromatic heterocycles. The molecule has 0 aliphatic carbocycles.